The Hall–Kier alpha value is -6.87. The summed E-state index contributed by atoms with van der Waals surface area (Å²) in [6.07, 6.45) is 0. The molecule has 7 nitrogen and oxygen atoms in total. The molecule has 2 fully saturated rings. The molecule has 2 saturated heterocycles. The van der Waals surface area contributed by atoms with Crippen LogP contribution >= 0.6 is 0 Å². The van der Waals surface area contributed by atoms with E-state index in [0.717, 1.165) is 56.0 Å². The molecule has 0 amide bonds. The topological polar surface area (TPSA) is 50.0 Å². The third-order valence-corrected chi connectivity index (χ3v) is 15.7. The van der Waals surface area contributed by atoms with E-state index in [4.69, 9.17) is 18.6 Å². The van der Waals surface area contributed by atoms with Crippen LogP contribution in [0, 0.1) is 6.92 Å². The van der Waals surface area contributed by atoms with Crippen LogP contribution < -0.4 is 15.8 Å². The Bertz CT molecular complexity index is 3520. The summed E-state index contributed by atoms with van der Waals surface area (Å²) in [5, 5.41) is 4.92. The maximum atomic E-state index is 6.43. The van der Waals surface area contributed by atoms with Gasteiger partial charge in [0.25, 0.3) is 0 Å². The highest BCUT2D eigenvalue weighted by Crippen LogP contribution is 2.42. The van der Waals surface area contributed by atoms with Gasteiger partial charge in [0.1, 0.15) is 0 Å². The first-order valence-corrected chi connectivity index (χ1v) is 24.5. The van der Waals surface area contributed by atoms with Gasteiger partial charge in [-0.2, -0.15) is 0 Å². The number of fused-ring (bicyclic) bond motifs is 6. The molecule has 0 spiro atoms. The second-order valence-corrected chi connectivity index (χ2v) is 21.2. The summed E-state index contributed by atoms with van der Waals surface area (Å²) in [5.41, 5.74) is 13.8. The van der Waals surface area contributed by atoms with Crippen molar-refractivity contribution >= 4 is 85.8 Å². The van der Waals surface area contributed by atoms with Crippen molar-refractivity contribution in [3.8, 4) is 22.5 Å². The Morgan fingerprint density at radius 1 is 0.357 bits per heavy atom. The third-order valence-electron chi connectivity index (χ3n) is 15.7. The van der Waals surface area contributed by atoms with Gasteiger partial charge in [-0.05, 0) is 163 Å². The van der Waals surface area contributed by atoms with Gasteiger partial charge in [-0.15, -0.1) is 0 Å². The molecule has 2 aliphatic rings. The van der Waals surface area contributed by atoms with E-state index in [1.807, 2.05) is 0 Å². The molecule has 346 valence electrons. The van der Waals surface area contributed by atoms with Gasteiger partial charge in [-0.3, -0.25) is 0 Å². The Morgan fingerprint density at radius 2 is 0.729 bits per heavy atom. The molecule has 2 aliphatic heterocycles. The van der Waals surface area contributed by atoms with Crippen LogP contribution in [-0.4, -0.2) is 45.8 Å². The molecule has 0 saturated carbocycles. The Morgan fingerprint density at radius 3 is 1.21 bits per heavy atom. The maximum absolute atomic E-state index is 6.43. The molecule has 8 aromatic carbocycles. The largest absolute Gasteiger partial charge is 0.494 e. The SMILES string of the molecule is Cc1ccc(-n2c3ccccc3c3ccc(-n4c5ccccc5c5ccc(-c6ccc(N(c7ccc(B8OC(C)(C)C(C)(C)O8)cc7)c7ccc(B8OC(C)(C)C(C)(C)O8)cc7)cc6)cc54)cc32)cc1. The number of para-hydroxylation sites is 2. The highest BCUT2D eigenvalue weighted by atomic mass is 16.7. The van der Waals surface area contributed by atoms with E-state index in [0.29, 0.717) is 0 Å². The van der Waals surface area contributed by atoms with Crippen molar-refractivity contribution < 1.29 is 18.6 Å². The van der Waals surface area contributed by atoms with Gasteiger partial charge in [-0.1, -0.05) is 109 Å². The van der Waals surface area contributed by atoms with Crippen molar-refractivity contribution in [3.63, 3.8) is 0 Å². The fourth-order valence-electron chi connectivity index (χ4n) is 10.3. The molecule has 12 rings (SSSR count). The molecular weight excluding hydrogens is 860 g/mol. The predicted molar refractivity (Wildman–Crippen MR) is 291 cm³/mol. The fraction of sp³-hybridized carbons (Fsp3) is 0.213. The highest BCUT2D eigenvalue weighted by Gasteiger charge is 2.52. The van der Waals surface area contributed by atoms with Gasteiger partial charge < -0.3 is 32.7 Å². The normalized spacial score (nSPS) is 17.1. The zero-order valence-electron chi connectivity index (χ0n) is 41.4. The number of hydrogen-bond donors (Lipinski definition) is 0. The Balaban J connectivity index is 0.930. The quantitative estimate of drug-likeness (QED) is 0.142. The van der Waals surface area contributed by atoms with Crippen molar-refractivity contribution in [1.29, 1.82) is 0 Å². The number of anilines is 3. The lowest BCUT2D eigenvalue weighted by atomic mass is 9.79. The maximum Gasteiger partial charge on any atom is 0.494 e. The number of aryl methyl sites for hydroxylation is 1. The molecule has 0 bridgehead atoms. The molecule has 4 heterocycles. The van der Waals surface area contributed by atoms with Gasteiger partial charge in [-0.25, -0.2) is 0 Å². The molecule has 10 aromatic rings. The minimum absolute atomic E-state index is 0.428. The van der Waals surface area contributed by atoms with Crippen LogP contribution in [0.3, 0.4) is 0 Å². The predicted octanol–water partition coefficient (Wildman–Crippen LogP) is 13.9. The Labute approximate surface area is 411 Å². The number of hydrogen-bond acceptors (Lipinski definition) is 5. The first-order valence-electron chi connectivity index (χ1n) is 24.5. The molecule has 0 aliphatic carbocycles. The minimum Gasteiger partial charge on any atom is -0.399 e. The van der Waals surface area contributed by atoms with E-state index in [2.05, 4.69) is 258 Å². The van der Waals surface area contributed by atoms with Crippen molar-refractivity contribution in [2.75, 3.05) is 4.90 Å². The smallest absolute Gasteiger partial charge is 0.399 e. The second kappa shape index (κ2) is 16.1. The summed E-state index contributed by atoms with van der Waals surface area (Å²) in [6.45, 7) is 18.8. The average molecular weight is 918 g/mol. The van der Waals surface area contributed by atoms with Crippen LogP contribution in [0.1, 0.15) is 61.0 Å². The van der Waals surface area contributed by atoms with Crippen LogP contribution in [0.4, 0.5) is 17.1 Å². The average Bonchev–Trinajstić information content (AvgIpc) is 4.00. The van der Waals surface area contributed by atoms with Crippen LogP contribution in [0.5, 0.6) is 0 Å². The van der Waals surface area contributed by atoms with E-state index < -0.39 is 36.6 Å². The molecule has 9 heteroatoms. The third kappa shape index (κ3) is 7.21. The monoisotopic (exact) mass is 917 g/mol. The van der Waals surface area contributed by atoms with E-state index in [1.165, 1.54) is 43.7 Å². The van der Waals surface area contributed by atoms with E-state index >= 15 is 0 Å². The lowest BCUT2D eigenvalue weighted by Crippen LogP contribution is -2.41. The number of benzene rings is 8. The summed E-state index contributed by atoms with van der Waals surface area (Å²) in [4.78, 5) is 2.29. The summed E-state index contributed by atoms with van der Waals surface area (Å²) in [6, 6.07) is 66.1. The fourth-order valence-corrected chi connectivity index (χ4v) is 10.3. The molecule has 0 radical (unpaired) electrons. The zero-order chi connectivity index (χ0) is 48.3. The van der Waals surface area contributed by atoms with Crippen molar-refractivity contribution in [1.82, 2.24) is 9.13 Å². The van der Waals surface area contributed by atoms with Gasteiger partial charge in [0.05, 0.1) is 44.5 Å². The van der Waals surface area contributed by atoms with Crippen molar-refractivity contribution in [2.24, 2.45) is 0 Å². The standard InChI is InChI=1S/C61H57B2N3O4/c1-40-18-27-48(28-19-40)65-54-16-12-10-15-51(54)53-37-35-49(39-57(53)65)66-55-17-13-11-14-50(55)52-36-22-42(38-56(52)66)41-20-29-45(30-21-41)64(46-31-23-43(24-32-46)62-67-58(2,3)59(4,5)68-62)47-33-25-44(26-34-47)63-69-60(6,7)61(8,9)70-63/h10-39H,1-9H3. The first kappa shape index (κ1) is 44.3. The molecule has 0 unspecified atom stereocenters. The minimum atomic E-state index is -0.449. The summed E-state index contributed by atoms with van der Waals surface area (Å²) >= 11 is 0. The number of rotatable bonds is 8. The van der Waals surface area contributed by atoms with E-state index in [-0.39, 0.29) is 0 Å². The lowest BCUT2D eigenvalue weighted by molar-refractivity contribution is 0.00578. The van der Waals surface area contributed by atoms with Crippen LogP contribution in [0.2, 0.25) is 0 Å². The Kier molecular flexibility index (Phi) is 10.2. The van der Waals surface area contributed by atoms with Crippen LogP contribution in [0.15, 0.2) is 182 Å². The van der Waals surface area contributed by atoms with Crippen molar-refractivity contribution in [3.05, 3.63) is 188 Å². The zero-order valence-corrected chi connectivity index (χ0v) is 41.4. The highest BCUT2D eigenvalue weighted by molar-refractivity contribution is 6.62. The number of aromatic nitrogens is 2. The van der Waals surface area contributed by atoms with Gasteiger partial charge in [0.15, 0.2) is 0 Å². The van der Waals surface area contributed by atoms with Crippen molar-refractivity contribution in [2.45, 2.75) is 84.7 Å². The van der Waals surface area contributed by atoms with Crippen LogP contribution in [-0.2, 0) is 18.6 Å². The van der Waals surface area contributed by atoms with E-state index in [1.54, 1.807) is 0 Å². The number of nitrogens with zero attached hydrogens (tertiary/aromatic N) is 3. The van der Waals surface area contributed by atoms with Gasteiger partial charge in [0, 0.05) is 50.0 Å². The lowest BCUT2D eigenvalue weighted by Gasteiger charge is -2.32. The molecule has 0 N–H and O–H groups in total. The first-order chi connectivity index (χ1) is 33.6. The molecule has 2 aromatic heterocycles. The van der Waals surface area contributed by atoms with Crippen LogP contribution in [0.25, 0.3) is 66.1 Å². The second-order valence-electron chi connectivity index (χ2n) is 21.2. The summed E-state index contributed by atoms with van der Waals surface area (Å²) < 4.78 is 30.6. The summed E-state index contributed by atoms with van der Waals surface area (Å²) in [7, 11) is -0.898. The molecule has 0 atom stereocenters. The van der Waals surface area contributed by atoms with Gasteiger partial charge >= 0.3 is 14.2 Å². The molecular formula is C61H57B2N3O4. The van der Waals surface area contributed by atoms with Gasteiger partial charge in [0.2, 0.25) is 0 Å². The summed E-state index contributed by atoms with van der Waals surface area (Å²) in [5.74, 6) is 0. The van der Waals surface area contributed by atoms with E-state index in [9.17, 15) is 0 Å². The molecule has 70 heavy (non-hydrogen) atoms.